The van der Waals surface area contributed by atoms with Gasteiger partial charge in [0.05, 0.1) is 12.1 Å². The van der Waals surface area contributed by atoms with E-state index in [2.05, 4.69) is 6.58 Å². The lowest BCUT2D eigenvalue weighted by Crippen LogP contribution is -2.41. The summed E-state index contributed by atoms with van der Waals surface area (Å²) in [6.07, 6.45) is 1.10. The maximum Gasteiger partial charge on any atom is 0.410 e. The van der Waals surface area contributed by atoms with Crippen molar-refractivity contribution in [2.45, 2.75) is 25.1 Å². The van der Waals surface area contributed by atoms with Crippen LogP contribution < -0.4 is 0 Å². The van der Waals surface area contributed by atoms with Gasteiger partial charge >= 0.3 is 6.09 Å². The van der Waals surface area contributed by atoms with Gasteiger partial charge in [-0.1, -0.05) is 36.4 Å². The highest BCUT2D eigenvalue weighted by Gasteiger charge is 2.37. The molecule has 1 N–H and O–H groups in total. The van der Waals surface area contributed by atoms with E-state index < -0.39 is 6.10 Å². The van der Waals surface area contributed by atoms with Crippen molar-refractivity contribution in [2.75, 3.05) is 6.61 Å². The Balaban J connectivity index is 2.08. The highest BCUT2D eigenvalue weighted by Crippen LogP contribution is 2.20. The molecule has 1 amide bonds. The fourth-order valence-corrected chi connectivity index (χ4v) is 2.07. The second kappa shape index (κ2) is 5.69. The van der Waals surface area contributed by atoms with E-state index in [0.29, 0.717) is 13.0 Å². The first-order valence-corrected chi connectivity index (χ1v) is 5.98. The van der Waals surface area contributed by atoms with E-state index in [9.17, 15) is 9.90 Å². The lowest BCUT2D eigenvalue weighted by molar-refractivity contribution is 0.0857. The minimum absolute atomic E-state index is 0.237. The van der Waals surface area contributed by atoms with Gasteiger partial charge in [0.25, 0.3) is 0 Å². The van der Waals surface area contributed by atoms with Crippen molar-refractivity contribution in [3.8, 4) is 0 Å². The van der Waals surface area contributed by atoms with E-state index in [0.717, 1.165) is 5.56 Å². The van der Waals surface area contributed by atoms with Gasteiger partial charge in [-0.25, -0.2) is 4.79 Å². The number of hydrogen-bond acceptors (Lipinski definition) is 3. The molecule has 2 rings (SSSR count). The Morgan fingerprint density at radius 3 is 2.89 bits per heavy atom. The molecule has 4 nitrogen and oxygen atoms in total. The first-order valence-electron chi connectivity index (χ1n) is 5.98. The number of carbonyl (C=O) groups is 1. The second-order valence-corrected chi connectivity index (χ2v) is 4.35. The van der Waals surface area contributed by atoms with Crippen molar-refractivity contribution in [3.63, 3.8) is 0 Å². The molecule has 0 unspecified atom stereocenters. The van der Waals surface area contributed by atoms with Crippen LogP contribution >= 0.6 is 0 Å². The molecule has 1 aromatic rings. The van der Waals surface area contributed by atoms with Crippen LogP contribution in [0, 0.1) is 0 Å². The van der Waals surface area contributed by atoms with Crippen molar-refractivity contribution in [1.29, 1.82) is 0 Å². The molecular weight excluding hydrogens is 230 g/mol. The van der Waals surface area contributed by atoms with E-state index in [-0.39, 0.29) is 18.7 Å². The smallest absolute Gasteiger partial charge is 0.410 e. The zero-order valence-electron chi connectivity index (χ0n) is 10.2. The number of aliphatic hydroxyl groups excluding tert-OH is 1. The minimum atomic E-state index is -0.627. The van der Waals surface area contributed by atoms with Gasteiger partial charge in [-0.15, -0.1) is 6.58 Å². The number of amides is 1. The number of cyclic esters (lactones) is 1. The molecule has 0 radical (unpaired) electrons. The lowest BCUT2D eigenvalue weighted by Gasteiger charge is -2.25. The van der Waals surface area contributed by atoms with Gasteiger partial charge in [0.1, 0.15) is 6.61 Å². The summed E-state index contributed by atoms with van der Waals surface area (Å²) in [6, 6.07) is 9.37. The van der Waals surface area contributed by atoms with E-state index in [1.54, 1.807) is 11.0 Å². The predicted molar refractivity (Wildman–Crippen MR) is 67.9 cm³/mol. The molecule has 96 valence electrons. The molecule has 1 fully saturated rings. The summed E-state index contributed by atoms with van der Waals surface area (Å²) in [7, 11) is 0. The third-order valence-electron chi connectivity index (χ3n) is 3.06. The van der Waals surface area contributed by atoms with Crippen molar-refractivity contribution in [2.24, 2.45) is 0 Å². The van der Waals surface area contributed by atoms with Gasteiger partial charge in [-0.2, -0.15) is 0 Å². The second-order valence-electron chi connectivity index (χ2n) is 4.35. The normalized spacial score (nSPS) is 20.6. The first kappa shape index (κ1) is 12.6. The summed E-state index contributed by atoms with van der Waals surface area (Å²) >= 11 is 0. The van der Waals surface area contributed by atoms with Crippen molar-refractivity contribution < 1.29 is 14.6 Å². The Hall–Kier alpha value is -1.81. The Morgan fingerprint density at radius 2 is 2.22 bits per heavy atom. The number of carbonyl (C=O) groups excluding carboxylic acids is 1. The molecule has 0 aliphatic carbocycles. The zero-order chi connectivity index (χ0) is 13.0. The molecule has 1 aromatic carbocycles. The lowest BCUT2D eigenvalue weighted by atomic mass is 10.1. The highest BCUT2D eigenvalue weighted by atomic mass is 16.6. The van der Waals surface area contributed by atoms with Gasteiger partial charge in [-0.05, 0) is 12.0 Å². The van der Waals surface area contributed by atoms with Gasteiger partial charge in [0.2, 0.25) is 0 Å². The van der Waals surface area contributed by atoms with Crippen molar-refractivity contribution >= 4 is 6.09 Å². The Kier molecular flexibility index (Phi) is 3.99. The summed E-state index contributed by atoms with van der Waals surface area (Å²) in [4.78, 5) is 13.2. The Morgan fingerprint density at radius 1 is 1.50 bits per heavy atom. The molecule has 0 bridgehead atoms. The van der Waals surface area contributed by atoms with Crippen LogP contribution in [-0.2, 0) is 11.3 Å². The van der Waals surface area contributed by atoms with Crippen LogP contribution in [0.2, 0.25) is 0 Å². The zero-order valence-corrected chi connectivity index (χ0v) is 10.2. The van der Waals surface area contributed by atoms with Crippen LogP contribution in [0.4, 0.5) is 4.79 Å². The summed E-state index contributed by atoms with van der Waals surface area (Å²) in [5.41, 5.74) is 1.02. The maximum atomic E-state index is 11.7. The number of benzene rings is 1. The number of hydrogen-bond donors (Lipinski definition) is 1. The average molecular weight is 247 g/mol. The number of aliphatic hydroxyl groups is 1. The number of rotatable bonds is 5. The molecule has 1 aliphatic heterocycles. The molecule has 1 aliphatic rings. The number of ether oxygens (including phenoxy) is 1. The standard InChI is InChI=1S/C14H17NO3/c1-2-6-13(16)12-10-18-14(17)15(12)9-11-7-4-3-5-8-11/h2-5,7-8,12-13,16H,1,6,9-10H2/t12-,13+/m1/s1. The third-order valence-corrected chi connectivity index (χ3v) is 3.06. The Bertz CT molecular complexity index is 418. The monoisotopic (exact) mass is 247 g/mol. The third kappa shape index (κ3) is 2.71. The van der Waals surface area contributed by atoms with Crippen LogP contribution in [0.1, 0.15) is 12.0 Å². The topological polar surface area (TPSA) is 49.8 Å². The van der Waals surface area contributed by atoms with E-state index in [1.807, 2.05) is 30.3 Å². The highest BCUT2D eigenvalue weighted by molar-refractivity contribution is 5.70. The summed E-state index contributed by atoms with van der Waals surface area (Å²) in [5.74, 6) is 0. The van der Waals surface area contributed by atoms with Crippen LogP contribution in [-0.4, -0.2) is 34.9 Å². The fourth-order valence-electron chi connectivity index (χ4n) is 2.07. The molecule has 0 spiro atoms. The predicted octanol–water partition coefficient (Wildman–Crippen LogP) is 1.94. The summed E-state index contributed by atoms with van der Waals surface area (Å²) in [6.45, 7) is 4.29. The van der Waals surface area contributed by atoms with Crippen LogP contribution in [0.5, 0.6) is 0 Å². The maximum absolute atomic E-state index is 11.7. The quantitative estimate of drug-likeness (QED) is 0.809. The molecule has 2 atom stereocenters. The molecule has 18 heavy (non-hydrogen) atoms. The average Bonchev–Trinajstić information content (AvgIpc) is 2.73. The molecule has 0 saturated carbocycles. The number of nitrogens with zero attached hydrogens (tertiary/aromatic N) is 1. The van der Waals surface area contributed by atoms with Crippen molar-refractivity contribution in [3.05, 3.63) is 48.6 Å². The van der Waals surface area contributed by atoms with Gasteiger partial charge < -0.3 is 9.84 Å². The first-order chi connectivity index (χ1) is 8.72. The van der Waals surface area contributed by atoms with Gasteiger partial charge in [-0.3, -0.25) is 4.90 Å². The minimum Gasteiger partial charge on any atom is -0.447 e. The SMILES string of the molecule is C=CC[C@H](O)[C@H]1COC(=O)N1Cc1ccccc1. The molecule has 1 saturated heterocycles. The fraction of sp³-hybridized carbons (Fsp3) is 0.357. The molecular formula is C14H17NO3. The summed E-state index contributed by atoms with van der Waals surface area (Å²) < 4.78 is 5.01. The van der Waals surface area contributed by atoms with Gasteiger partial charge in [0, 0.05) is 6.54 Å². The molecule has 1 heterocycles. The van der Waals surface area contributed by atoms with Crippen LogP contribution in [0.3, 0.4) is 0 Å². The van der Waals surface area contributed by atoms with Gasteiger partial charge in [0.15, 0.2) is 0 Å². The molecule has 0 aromatic heterocycles. The summed E-state index contributed by atoms with van der Waals surface area (Å²) in [5, 5.41) is 9.97. The van der Waals surface area contributed by atoms with Crippen LogP contribution in [0.15, 0.2) is 43.0 Å². The largest absolute Gasteiger partial charge is 0.447 e. The van der Waals surface area contributed by atoms with Crippen LogP contribution in [0.25, 0.3) is 0 Å². The Labute approximate surface area is 106 Å². The van der Waals surface area contributed by atoms with E-state index in [4.69, 9.17) is 4.74 Å². The van der Waals surface area contributed by atoms with E-state index >= 15 is 0 Å². The van der Waals surface area contributed by atoms with Crippen molar-refractivity contribution in [1.82, 2.24) is 4.90 Å². The molecule has 4 heteroatoms. The van der Waals surface area contributed by atoms with E-state index in [1.165, 1.54) is 0 Å².